The molecule has 1 aliphatic rings. The second kappa shape index (κ2) is 8.75. The number of halogens is 2. The molecule has 2 aromatic heterocycles. The first-order valence-electron chi connectivity index (χ1n) is 10.6. The molecule has 33 heavy (non-hydrogen) atoms. The zero-order chi connectivity index (χ0) is 23.3. The number of aryl methyl sites for hydroxylation is 1. The molecule has 0 unspecified atom stereocenters. The molecule has 0 saturated heterocycles. The predicted molar refractivity (Wildman–Crippen MR) is 139 cm³/mol. The molecule has 0 saturated carbocycles. The van der Waals surface area contributed by atoms with Crippen LogP contribution < -0.4 is 5.56 Å². The fourth-order valence-electron chi connectivity index (χ4n) is 3.97. The van der Waals surface area contributed by atoms with Crippen LogP contribution in [0.5, 0.6) is 0 Å². The number of thiophene rings is 1. The van der Waals surface area contributed by atoms with Crippen LogP contribution in [-0.2, 0) is 23.5 Å². The molecule has 0 radical (unpaired) electrons. The number of hydrogen-bond acceptors (Lipinski definition) is 5. The Morgan fingerprint density at radius 1 is 1.15 bits per heavy atom. The summed E-state index contributed by atoms with van der Waals surface area (Å²) in [6, 6.07) is 13.6. The zero-order valence-electron chi connectivity index (χ0n) is 18.4. The van der Waals surface area contributed by atoms with E-state index in [0.29, 0.717) is 39.4 Å². The van der Waals surface area contributed by atoms with Gasteiger partial charge in [-0.15, -0.1) is 11.3 Å². The Morgan fingerprint density at radius 3 is 2.64 bits per heavy atom. The molecule has 0 N–H and O–H groups in total. The number of aromatic nitrogens is 2. The van der Waals surface area contributed by atoms with E-state index in [9.17, 15) is 4.79 Å². The molecule has 0 amide bonds. The number of benzene rings is 2. The molecule has 0 aliphatic carbocycles. The van der Waals surface area contributed by atoms with Crippen LogP contribution >= 0.6 is 46.3 Å². The topological polar surface area (TPSA) is 44.1 Å². The van der Waals surface area contributed by atoms with Crippen molar-refractivity contribution < 1.29 is 4.74 Å². The molecular weight excluding hydrogens is 495 g/mol. The van der Waals surface area contributed by atoms with E-state index in [0.717, 1.165) is 32.1 Å². The lowest BCUT2D eigenvalue weighted by molar-refractivity contribution is -0.0379. The van der Waals surface area contributed by atoms with E-state index in [2.05, 4.69) is 13.8 Å². The lowest BCUT2D eigenvalue weighted by Gasteiger charge is -2.29. The Hall–Kier alpha value is -1.83. The third kappa shape index (κ3) is 4.47. The highest BCUT2D eigenvalue weighted by Gasteiger charge is 2.31. The van der Waals surface area contributed by atoms with E-state index in [4.69, 9.17) is 32.9 Å². The van der Waals surface area contributed by atoms with Gasteiger partial charge in [0.1, 0.15) is 4.83 Å². The standard InChI is InChI=1S/C25H22Cl2N2O2S2/c1-14-4-7-16(8-5-14)29-23(30)21-17-11-25(2,3)31-12-20(17)33-22(21)28-24(29)32-13-15-6-9-18(26)19(27)10-15/h4-10H,11-13H2,1-3H3. The van der Waals surface area contributed by atoms with Crippen LogP contribution in [-0.4, -0.2) is 15.2 Å². The van der Waals surface area contributed by atoms with Crippen molar-refractivity contribution in [2.24, 2.45) is 0 Å². The fourth-order valence-corrected chi connectivity index (χ4v) is 6.39. The number of nitrogens with zero attached hydrogens (tertiary/aromatic N) is 2. The first kappa shape index (κ1) is 22.9. The summed E-state index contributed by atoms with van der Waals surface area (Å²) in [5.41, 5.74) is 3.70. The van der Waals surface area contributed by atoms with Crippen LogP contribution in [0.2, 0.25) is 10.0 Å². The molecule has 1 aliphatic heterocycles. The van der Waals surface area contributed by atoms with Gasteiger partial charge in [-0.25, -0.2) is 4.98 Å². The quantitative estimate of drug-likeness (QED) is 0.212. The fraction of sp³-hybridized carbons (Fsp3) is 0.280. The van der Waals surface area contributed by atoms with Crippen LogP contribution in [0.3, 0.4) is 0 Å². The van der Waals surface area contributed by atoms with E-state index >= 15 is 0 Å². The molecule has 4 aromatic rings. The molecular formula is C25H22Cl2N2O2S2. The largest absolute Gasteiger partial charge is 0.370 e. The summed E-state index contributed by atoms with van der Waals surface area (Å²) in [5, 5.41) is 2.41. The minimum atomic E-state index is -0.302. The van der Waals surface area contributed by atoms with Crippen LogP contribution in [0, 0.1) is 6.92 Å². The number of thioether (sulfide) groups is 1. The van der Waals surface area contributed by atoms with Gasteiger partial charge in [0.15, 0.2) is 5.16 Å². The van der Waals surface area contributed by atoms with Gasteiger partial charge in [-0.1, -0.05) is 58.7 Å². The molecule has 4 nitrogen and oxygen atoms in total. The van der Waals surface area contributed by atoms with Gasteiger partial charge < -0.3 is 4.74 Å². The van der Waals surface area contributed by atoms with E-state index < -0.39 is 0 Å². The predicted octanol–water partition coefficient (Wildman–Crippen LogP) is 7.21. The molecule has 2 aromatic carbocycles. The number of rotatable bonds is 4. The van der Waals surface area contributed by atoms with Crippen molar-refractivity contribution in [3.05, 3.63) is 84.4 Å². The van der Waals surface area contributed by atoms with Crippen molar-refractivity contribution in [1.29, 1.82) is 0 Å². The van der Waals surface area contributed by atoms with Crippen molar-refractivity contribution in [1.82, 2.24) is 9.55 Å². The normalized spacial score (nSPS) is 15.1. The molecule has 3 heterocycles. The van der Waals surface area contributed by atoms with Crippen LogP contribution in [0.1, 0.15) is 35.4 Å². The van der Waals surface area contributed by atoms with Gasteiger partial charge in [-0.3, -0.25) is 9.36 Å². The summed E-state index contributed by atoms with van der Waals surface area (Å²) in [6.07, 6.45) is 0.697. The average molecular weight is 518 g/mol. The van der Waals surface area contributed by atoms with E-state index in [1.807, 2.05) is 43.3 Å². The second-order valence-corrected chi connectivity index (χ2v) is 11.7. The summed E-state index contributed by atoms with van der Waals surface area (Å²) in [4.78, 5) is 20.8. The molecule has 0 fully saturated rings. The van der Waals surface area contributed by atoms with Crippen molar-refractivity contribution >= 4 is 56.5 Å². The first-order valence-corrected chi connectivity index (χ1v) is 13.1. The molecule has 0 atom stereocenters. The minimum Gasteiger partial charge on any atom is -0.370 e. The second-order valence-electron chi connectivity index (χ2n) is 8.82. The summed E-state index contributed by atoms with van der Waals surface area (Å²) in [7, 11) is 0. The lowest BCUT2D eigenvalue weighted by atomic mass is 9.94. The van der Waals surface area contributed by atoms with Gasteiger partial charge >= 0.3 is 0 Å². The number of ether oxygens (including phenoxy) is 1. The van der Waals surface area contributed by atoms with Gasteiger partial charge in [0.05, 0.1) is 33.3 Å². The van der Waals surface area contributed by atoms with Gasteiger partial charge in [-0.2, -0.15) is 0 Å². The first-order chi connectivity index (χ1) is 15.7. The Bertz CT molecular complexity index is 1430. The van der Waals surface area contributed by atoms with Gasteiger partial charge in [0, 0.05) is 17.1 Å². The maximum atomic E-state index is 13.9. The summed E-state index contributed by atoms with van der Waals surface area (Å²) in [5.74, 6) is 0.613. The Balaban J connectivity index is 1.65. The molecule has 0 spiro atoms. The van der Waals surface area contributed by atoms with Crippen LogP contribution in [0.4, 0.5) is 0 Å². The molecule has 5 rings (SSSR count). The van der Waals surface area contributed by atoms with Crippen molar-refractivity contribution in [3.63, 3.8) is 0 Å². The monoisotopic (exact) mass is 516 g/mol. The SMILES string of the molecule is Cc1ccc(-n2c(SCc3ccc(Cl)c(Cl)c3)nc3sc4c(c3c2=O)CC(C)(C)OC4)cc1. The Kier molecular flexibility index (Phi) is 6.08. The van der Waals surface area contributed by atoms with E-state index in [1.54, 1.807) is 22.0 Å². The third-order valence-electron chi connectivity index (χ3n) is 5.72. The highest BCUT2D eigenvalue weighted by Crippen LogP contribution is 2.38. The Labute approximate surface area is 210 Å². The van der Waals surface area contributed by atoms with Crippen LogP contribution in [0.15, 0.2) is 52.4 Å². The number of hydrogen-bond donors (Lipinski definition) is 0. The van der Waals surface area contributed by atoms with E-state index in [-0.39, 0.29) is 11.2 Å². The molecule has 8 heteroatoms. The summed E-state index contributed by atoms with van der Waals surface area (Å²) < 4.78 is 7.73. The highest BCUT2D eigenvalue weighted by atomic mass is 35.5. The minimum absolute atomic E-state index is 0.0318. The summed E-state index contributed by atoms with van der Waals surface area (Å²) in [6.45, 7) is 6.67. The molecule has 170 valence electrons. The number of fused-ring (bicyclic) bond motifs is 3. The van der Waals surface area contributed by atoms with Gasteiger partial charge in [0.2, 0.25) is 0 Å². The maximum Gasteiger partial charge on any atom is 0.267 e. The maximum absolute atomic E-state index is 13.9. The average Bonchev–Trinajstić information content (AvgIpc) is 3.12. The molecule has 0 bridgehead atoms. The smallest absolute Gasteiger partial charge is 0.267 e. The van der Waals surface area contributed by atoms with Gasteiger partial charge in [0.25, 0.3) is 5.56 Å². The Morgan fingerprint density at radius 2 is 1.91 bits per heavy atom. The van der Waals surface area contributed by atoms with Crippen molar-refractivity contribution in [2.45, 2.75) is 50.3 Å². The van der Waals surface area contributed by atoms with Crippen molar-refractivity contribution in [2.75, 3.05) is 0 Å². The zero-order valence-corrected chi connectivity index (χ0v) is 21.6. The van der Waals surface area contributed by atoms with Crippen LogP contribution in [0.25, 0.3) is 15.9 Å². The van der Waals surface area contributed by atoms with Gasteiger partial charge in [-0.05, 0) is 56.2 Å². The highest BCUT2D eigenvalue weighted by molar-refractivity contribution is 7.98. The lowest BCUT2D eigenvalue weighted by Crippen LogP contribution is -2.32. The third-order valence-corrected chi connectivity index (χ3v) is 8.57. The van der Waals surface area contributed by atoms with Crippen molar-refractivity contribution in [3.8, 4) is 5.69 Å². The summed E-state index contributed by atoms with van der Waals surface area (Å²) >= 11 is 15.3. The van der Waals surface area contributed by atoms with E-state index in [1.165, 1.54) is 11.8 Å².